The van der Waals surface area contributed by atoms with E-state index in [-0.39, 0.29) is 17.8 Å². The molecule has 0 radical (unpaired) electrons. The molecule has 37 heavy (non-hydrogen) atoms. The minimum atomic E-state index is -0.930. The Labute approximate surface area is 212 Å². The number of pyridine rings is 2. The number of imidazole rings is 1. The van der Waals surface area contributed by atoms with Crippen molar-refractivity contribution in [2.24, 2.45) is 0 Å². The second-order valence-corrected chi connectivity index (χ2v) is 9.90. The fourth-order valence-corrected chi connectivity index (χ4v) is 4.94. The number of amides is 1. The van der Waals surface area contributed by atoms with Crippen molar-refractivity contribution in [1.29, 1.82) is 0 Å². The largest absolute Gasteiger partial charge is 0.388 e. The number of nitrogens with one attached hydrogen (secondary N) is 2. The first-order chi connectivity index (χ1) is 17.8. The van der Waals surface area contributed by atoms with Crippen LogP contribution in [0.5, 0.6) is 0 Å². The molecule has 3 N–H and O–H groups in total. The molecule has 10 heteroatoms. The molecule has 1 fully saturated rings. The molecular weight excluding hydrogens is 475 g/mol. The van der Waals surface area contributed by atoms with Gasteiger partial charge in [0.25, 0.3) is 5.91 Å². The van der Waals surface area contributed by atoms with E-state index in [4.69, 9.17) is 4.74 Å². The molecule has 0 saturated carbocycles. The first-order valence-corrected chi connectivity index (χ1v) is 12.2. The molecule has 2 aliphatic heterocycles. The van der Waals surface area contributed by atoms with Crippen molar-refractivity contribution in [3.63, 3.8) is 0 Å². The number of halogens is 1. The molecule has 1 saturated heterocycles. The summed E-state index contributed by atoms with van der Waals surface area (Å²) in [6.07, 6.45) is 4.82. The number of carbonyl (C=O) groups excluding carboxylic acids is 1. The second kappa shape index (κ2) is 8.82. The maximum atomic E-state index is 13.6. The van der Waals surface area contributed by atoms with E-state index in [2.05, 4.69) is 25.5 Å². The Morgan fingerprint density at radius 3 is 2.84 bits per heavy atom. The summed E-state index contributed by atoms with van der Waals surface area (Å²) in [5, 5.41) is 16.5. The molecule has 4 aromatic rings. The zero-order valence-electron chi connectivity index (χ0n) is 20.5. The summed E-state index contributed by atoms with van der Waals surface area (Å²) >= 11 is 0. The standard InChI is InChI=1S/C27H27FN6O3/c1-27(2,36)22-15-33(9-10-37-22)17-3-6-23(29-12-17)32-20-5-4-18(19-13-31-26(35)25(19)20)21-14-30-24-11-16(28)7-8-34(21)24/h3-8,11-12,14,22,36H,9-10,13,15H2,1-2H3,(H,29,32)(H,31,35). The van der Waals surface area contributed by atoms with Crippen molar-refractivity contribution >= 4 is 28.7 Å². The van der Waals surface area contributed by atoms with Crippen molar-refractivity contribution in [2.75, 3.05) is 29.9 Å². The number of rotatable bonds is 5. The van der Waals surface area contributed by atoms with E-state index in [1.54, 1.807) is 32.4 Å². The number of morpholine rings is 1. The van der Waals surface area contributed by atoms with Crippen molar-refractivity contribution in [2.45, 2.75) is 32.1 Å². The van der Waals surface area contributed by atoms with Gasteiger partial charge in [-0.25, -0.2) is 14.4 Å². The highest BCUT2D eigenvalue weighted by Crippen LogP contribution is 2.35. The van der Waals surface area contributed by atoms with Gasteiger partial charge in [0.15, 0.2) is 0 Å². The molecule has 9 nitrogen and oxygen atoms in total. The fourth-order valence-electron chi connectivity index (χ4n) is 4.94. The van der Waals surface area contributed by atoms with Gasteiger partial charge in [0.1, 0.15) is 23.4 Å². The summed E-state index contributed by atoms with van der Waals surface area (Å²) in [5.41, 5.74) is 4.21. The topological polar surface area (TPSA) is 104 Å². The van der Waals surface area contributed by atoms with E-state index in [1.165, 1.54) is 12.1 Å². The number of carbonyl (C=O) groups is 1. The zero-order chi connectivity index (χ0) is 25.7. The predicted molar refractivity (Wildman–Crippen MR) is 138 cm³/mol. The molecule has 0 aliphatic carbocycles. The van der Waals surface area contributed by atoms with Gasteiger partial charge in [0, 0.05) is 37.5 Å². The van der Waals surface area contributed by atoms with Crippen molar-refractivity contribution in [3.8, 4) is 11.3 Å². The van der Waals surface area contributed by atoms with E-state index in [0.717, 1.165) is 22.5 Å². The molecule has 3 aromatic heterocycles. The fraction of sp³-hybridized carbons (Fsp3) is 0.296. The van der Waals surface area contributed by atoms with Crippen LogP contribution in [0.3, 0.4) is 0 Å². The van der Waals surface area contributed by atoms with Crippen LogP contribution in [0.15, 0.2) is 55.0 Å². The van der Waals surface area contributed by atoms with Crippen LogP contribution >= 0.6 is 0 Å². The SMILES string of the molecule is CC(C)(O)C1CN(c2ccc(Nc3ccc(-c4cnc5cc(F)ccn45)c4c3C(=O)NC4)nc2)CCO1. The van der Waals surface area contributed by atoms with Gasteiger partial charge in [-0.1, -0.05) is 6.07 Å². The van der Waals surface area contributed by atoms with Gasteiger partial charge in [-0.05, 0) is 43.7 Å². The number of aromatic nitrogens is 3. The Bertz CT molecular complexity index is 1490. The third kappa shape index (κ3) is 4.28. The molecule has 1 atom stereocenters. The number of ether oxygens (including phenoxy) is 1. The van der Waals surface area contributed by atoms with Crippen LogP contribution in [0.25, 0.3) is 16.9 Å². The van der Waals surface area contributed by atoms with Gasteiger partial charge in [-0.2, -0.15) is 0 Å². The highest BCUT2D eigenvalue weighted by molar-refractivity contribution is 6.06. The van der Waals surface area contributed by atoms with Crippen LogP contribution in [0.2, 0.25) is 0 Å². The van der Waals surface area contributed by atoms with Gasteiger partial charge < -0.3 is 25.4 Å². The zero-order valence-corrected chi connectivity index (χ0v) is 20.5. The number of aliphatic hydroxyl groups is 1. The van der Waals surface area contributed by atoms with Crippen LogP contribution in [-0.4, -0.2) is 56.8 Å². The highest BCUT2D eigenvalue weighted by atomic mass is 19.1. The lowest BCUT2D eigenvalue weighted by Crippen LogP contribution is -2.52. The molecule has 1 aromatic carbocycles. The molecule has 190 valence electrons. The maximum absolute atomic E-state index is 13.6. The van der Waals surface area contributed by atoms with Crippen molar-refractivity contribution in [1.82, 2.24) is 19.7 Å². The van der Waals surface area contributed by atoms with E-state index >= 15 is 0 Å². The van der Waals surface area contributed by atoms with Crippen molar-refractivity contribution < 1.29 is 19.0 Å². The Balaban J connectivity index is 1.27. The van der Waals surface area contributed by atoms with Gasteiger partial charge >= 0.3 is 0 Å². The average molecular weight is 503 g/mol. The summed E-state index contributed by atoms with van der Waals surface area (Å²) in [5.74, 6) is 0.0910. The average Bonchev–Trinajstić information content (AvgIpc) is 3.48. The second-order valence-electron chi connectivity index (χ2n) is 9.90. The molecule has 5 heterocycles. The molecule has 1 unspecified atom stereocenters. The molecule has 0 spiro atoms. The predicted octanol–water partition coefficient (Wildman–Crippen LogP) is 3.50. The smallest absolute Gasteiger partial charge is 0.254 e. The van der Waals surface area contributed by atoms with Crippen LogP contribution < -0.4 is 15.5 Å². The monoisotopic (exact) mass is 502 g/mol. The van der Waals surface area contributed by atoms with Gasteiger partial charge in [-0.3, -0.25) is 9.20 Å². The lowest BCUT2D eigenvalue weighted by Gasteiger charge is -2.39. The Hall–Kier alpha value is -4.02. The van der Waals surface area contributed by atoms with Crippen LogP contribution in [0.1, 0.15) is 29.8 Å². The van der Waals surface area contributed by atoms with Gasteiger partial charge in [-0.15, -0.1) is 0 Å². The highest BCUT2D eigenvalue weighted by Gasteiger charge is 2.33. The Morgan fingerprint density at radius 1 is 1.19 bits per heavy atom. The number of fused-ring (bicyclic) bond motifs is 2. The number of anilines is 3. The number of hydrogen-bond acceptors (Lipinski definition) is 7. The summed E-state index contributed by atoms with van der Waals surface area (Å²) in [7, 11) is 0. The summed E-state index contributed by atoms with van der Waals surface area (Å²) in [6.45, 7) is 5.71. The quantitative estimate of drug-likeness (QED) is 0.384. The lowest BCUT2D eigenvalue weighted by molar-refractivity contribution is -0.0928. The minimum absolute atomic E-state index is 0.165. The summed E-state index contributed by atoms with van der Waals surface area (Å²) in [4.78, 5) is 23.8. The maximum Gasteiger partial charge on any atom is 0.254 e. The first-order valence-electron chi connectivity index (χ1n) is 12.2. The summed E-state index contributed by atoms with van der Waals surface area (Å²) < 4.78 is 21.2. The van der Waals surface area contributed by atoms with Gasteiger partial charge in [0.05, 0.1) is 47.2 Å². The normalized spacial score (nSPS) is 17.7. The van der Waals surface area contributed by atoms with Crippen LogP contribution in [-0.2, 0) is 11.3 Å². The third-order valence-corrected chi connectivity index (χ3v) is 6.95. The van der Waals surface area contributed by atoms with Crippen LogP contribution in [0, 0.1) is 5.82 Å². The molecule has 6 rings (SSSR count). The van der Waals surface area contributed by atoms with E-state index < -0.39 is 5.60 Å². The molecule has 1 amide bonds. The number of benzene rings is 1. The summed E-state index contributed by atoms with van der Waals surface area (Å²) in [6, 6.07) is 10.4. The Morgan fingerprint density at radius 2 is 2.05 bits per heavy atom. The molecule has 0 bridgehead atoms. The lowest BCUT2D eigenvalue weighted by atomic mass is 9.99. The first kappa shape index (κ1) is 23.4. The van der Waals surface area contributed by atoms with Crippen LogP contribution in [0.4, 0.5) is 21.6 Å². The van der Waals surface area contributed by atoms with E-state index in [9.17, 15) is 14.3 Å². The Kier molecular flexibility index (Phi) is 5.58. The van der Waals surface area contributed by atoms with E-state index in [1.807, 2.05) is 28.7 Å². The molecular formula is C27H27FN6O3. The number of hydrogen-bond donors (Lipinski definition) is 3. The minimum Gasteiger partial charge on any atom is -0.388 e. The third-order valence-electron chi connectivity index (χ3n) is 6.95. The van der Waals surface area contributed by atoms with E-state index in [0.29, 0.717) is 49.0 Å². The number of nitrogens with zero attached hydrogens (tertiary/aromatic N) is 4. The molecule has 2 aliphatic rings. The van der Waals surface area contributed by atoms with Crippen molar-refractivity contribution in [3.05, 3.63) is 71.9 Å². The van der Waals surface area contributed by atoms with Gasteiger partial charge in [0.2, 0.25) is 0 Å².